The first kappa shape index (κ1) is 20.0. The highest BCUT2D eigenvalue weighted by Crippen LogP contribution is 2.27. The van der Waals surface area contributed by atoms with E-state index in [0.717, 1.165) is 11.1 Å². The van der Waals surface area contributed by atoms with Gasteiger partial charge < -0.3 is 19.5 Å². The highest BCUT2D eigenvalue weighted by molar-refractivity contribution is 5.81. The highest BCUT2D eigenvalue weighted by Gasteiger charge is 2.11. The lowest BCUT2D eigenvalue weighted by atomic mass is 10.1. The number of carbonyl (C=O) groups excluding carboxylic acids is 3. The molecule has 7 nitrogen and oxygen atoms in total. The Balaban J connectivity index is 1.75. The molecule has 1 N–H and O–H groups in total. The SMILES string of the molecule is COc1cc(C=O)ccc1OCC(=O)OCC(=O)NCc1ccccc1C. The summed E-state index contributed by atoms with van der Waals surface area (Å²) in [6, 6.07) is 12.2. The first-order valence-corrected chi connectivity index (χ1v) is 8.26. The standard InChI is InChI=1S/C20H21NO6/c1-14-5-3-4-6-16(14)10-21-19(23)12-27-20(24)13-26-17-8-7-15(11-22)9-18(17)25-2/h3-9,11H,10,12-13H2,1-2H3,(H,21,23). The number of hydrogen-bond acceptors (Lipinski definition) is 6. The van der Waals surface area contributed by atoms with Crippen LogP contribution in [0.15, 0.2) is 42.5 Å². The normalized spacial score (nSPS) is 10.0. The van der Waals surface area contributed by atoms with Gasteiger partial charge in [0.05, 0.1) is 7.11 Å². The summed E-state index contributed by atoms with van der Waals surface area (Å²) < 4.78 is 15.3. The van der Waals surface area contributed by atoms with Crippen LogP contribution >= 0.6 is 0 Å². The number of esters is 1. The van der Waals surface area contributed by atoms with Crippen molar-refractivity contribution < 1.29 is 28.6 Å². The molecule has 0 atom stereocenters. The molecule has 27 heavy (non-hydrogen) atoms. The number of nitrogens with one attached hydrogen (secondary N) is 1. The van der Waals surface area contributed by atoms with Crippen molar-refractivity contribution in [1.82, 2.24) is 5.32 Å². The van der Waals surface area contributed by atoms with Crippen molar-refractivity contribution >= 4 is 18.2 Å². The van der Waals surface area contributed by atoms with Crippen LogP contribution in [0.4, 0.5) is 0 Å². The van der Waals surface area contributed by atoms with Crippen molar-refractivity contribution in [2.75, 3.05) is 20.3 Å². The summed E-state index contributed by atoms with van der Waals surface area (Å²) in [5.41, 5.74) is 2.48. The van der Waals surface area contributed by atoms with E-state index in [1.54, 1.807) is 0 Å². The van der Waals surface area contributed by atoms with Crippen molar-refractivity contribution in [2.24, 2.45) is 0 Å². The number of hydrogen-bond donors (Lipinski definition) is 1. The zero-order chi connectivity index (χ0) is 19.6. The minimum atomic E-state index is -0.692. The third-order valence-corrected chi connectivity index (χ3v) is 3.77. The van der Waals surface area contributed by atoms with Crippen molar-refractivity contribution in [2.45, 2.75) is 13.5 Å². The Bertz CT molecular complexity index is 818. The fraction of sp³-hybridized carbons (Fsp3) is 0.250. The largest absolute Gasteiger partial charge is 0.493 e. The van der Waals surface area contributed by atoms with Gasteiger partial charge >= 0.3 is 5.97 Å². The summed E-state index contributed by atoms with van der Waals surface area (Å²) in [6.45, 7) is 1.53. The number of rotatable bonds is 9. The number of amides is 1. The predicted molar refractivity (Wildman–Crippen MR) is 97.9 cm³/mol. The zero-order valence-electron chi connectivity index (χ0n) is 15.2. The van der Waals surface area contributed by atoms with E-state index in [-0.39, 0.29) is 6.61 Å². The second-order valence-corrected chi connectivity index (χ2v) is 5.68. The van der Waals surface area contributed by atoms with E-state index in [2.05, 4.69) is 5.32 Å². The molecule has 2 rings (SSSR count). The quantitative estimate of drug-likeness (QED) is 0.536. The second-order valence-electron chi connectivity index (χ2n) is 5.68. The lowest BCUT2D eigenvalue weighted by Crippen LogP contribution is -2.29. The summed E-state index contributed by atoms with van der Waals surface area (Å²) in [4.78, 5) is 34.3. The second kappa shape index (κ2) is 9.96. The maximum absolute atomic E-state index is 11.8. The van der Waals surface area contributed by atoms with Gasteiger partial charge in [0.15, 0.2) is 24.7 Å². The van der Waals surface area contributed by atoms with E-state index in [9.17, 15) is 14.4 Å². The lowest BCUT2D eigenvalue weighted by molar-refractivity contribution is -0.150. The topological polar surface area (TPSA) is 90.9 Å². The van der Waals surface area contributed by atoms with E-state index in [1.165, 1.54) is 25.3 Å². The van der Waals surface area contributed by atoms with E-state index in [1.807, 2.05) is 31.2 Å². The van der Waals surface area contributed by atoms with Gasteiger partial charge in [0.2, 0.25) is 0 Å². The summed E-state index contributed by atoms with van der Waals surface area (Å²) in [5, 5.41) is 2.69. The number of aryl methyl sites for hydroxylation is 1. The van der Waals surface area contributed by atoms with Gasteiger partial charge in [-0.05, 0) is 36.2 Å². The number of aldehydes is 1. The molecule has 0 unspecified atom stereocenters. The minimum Gasteiger partial charge on any atom is -0.493 e. The Kier molecular flexibility index (Phi) is 7.37. The smallest absolute Gasteiger partial charge is 0.344 e. The monoisotopic (exact) mass is 371 g/mol. The number of benzene rings is 2. The fourth-order valence-electron chi connectivity index (χ4n) is 2.25. The molecule has 0 aromatic heterocycles. The van der Waals surface area contributed by atoms with Crippen LogP contribution in [0.3, 0.4) is 0 Å². The minimum absolute atomic E-state index is 0.295. The summed E-state index contributed by atoms with van der Waals surface area (Å²) in [6.07, 6.45) is 0.677. The molecule has 0 aliphatic carbocycles. The molecule has 0 heterocycles. The Labute approximate surface area is 157 Å². The number of methoxy groups -OCH3 is 1. The molecule has 2 aromatic rings. The zero-order valence-corrected chi connectivity index (χ0v) is 15.2. The molecule has 0 radical (unpaired) electrons. The molecule has 0 fully saturated rings. The van der Waals surface area contributed by atoms with Crippen LogP contribution in [0.5, 0.6) is 11.5 Å². The Morgan fingerprint density at radius 2 is 1.85 bits per heavy atom. The molecule has 0 bridgehead atoms. The molecule has 2 aromatic carbocycles. The molecule has 0 spiro atoms. The van der Waals surface area contributed by atoms with Gasteiger partial charge in [-0.1, -0.05) is 24.3 Å². The van der Waals surface area contributed by atoms with Crippen molar-refractivity contribution in [1.29, 1.82) is 0 Å². The van der Waals surface area contributed by atoms with E-state index < -0.39 is 18.5 Å². The molecule has 0 saturated carbocycles. The average Bonchev–Trinajstić information content (AvgIpc) is 2.69. The summed E-state index contributed by atoms with van der Waals surface area (Å²) in [5.74, 6) is -0.477. The molecule has 0 saturated heterocycles. The molecule has 1 amide bonds. The van der Waals surface area contributed by atoms with Crippen LogP contribution in [-0.2, 0) is 20.9 Å². The van der Waals surface area contributed by atoms with E-state index in [4.69, 9.17) is 14.2 Å². The van der Waals surface area contributed by atoms with Crippen LogP contribution in [0.1, 0.15) is 21.5 Å². The summed E-state index contributed by atoms with van der Waals surface area (Å²) >= 11 is 0. The van der Waals surface area contributed by atoms with E-state index >= 15 is 0 Å². The van der Waals surface area contributed by atoms with Gasteiger partial charge in [0.1, 0.15) is 6.29 Å². The fourth-order valence-corrected chi connectivity index (χ4v) is 2.25. The van der Waals surface area contributed by atoms with Crippen LogP contribution in [0.2, 0.25) is 0 Å². The summed E-state index contributed by atoms with van der Waals surface area (Å²) in [7, 11) is 1.42. The number of carbonyl (C=O) groups is 3. The van der Waals surface area contributed by atoms with Crippen molar-refractivity contribution in [3.63, 3.8) is 0 Å². The average molecular weight is 371 g/mol. The van der Waals surface area contributed by atoms with Gasteiger partial charge in [-0.25, -0.2) is 4.79 Å². The highest BCUT2D eigenvalue weighted by atomic mass is 16.6. The van der Waals surface area contributed by atoms with Crippen LogP contribution in [0, 0.1) is 6.92 Å². The molecular formula is C20H21NO6. The maximum atomic E-state index is 11.8. The van der Waals surface area contributed by atoms with Crippen LogP contribution in [-0.4, -0.2) is 38.5 Å². The predicted octanol–water partition coefficient (Wildman–Crippen LogP) is 2.05. The van der Waals surface area contributed by atoms with Gasteiger partial charge in [0, 0.05) is 12.1 Å². The van der Waals surface area contributed by atoms with Crippen molar-refractivity contribution in [3.8, 4) is 11.5 Å². The Morgan fingerprint density at radius 1 is 1.07 bits per heavy atom. The maximum Gasteiger partial charge on any atom is 0.344 e. The Hall–Kier alpha value is -3.35. The molecule has 142 valence electrons. The van der Waals surface area contributed by atoms with Crippen LogP contribution in [0.25, 0.3) is 0 Å². The van der Waals surface area contributed by atoms with Gasteiger partial charge in [-0.2, -0.15) is 0 Å². The molecular weight excluding hydrogens is 350 g/mol. The number of ether oxygens (including phenoxy) is 3. The third-order valence-electron chi connectivity index (χ3n) is 3.77. The Morgan fingerprint density at radius 3 is 2.56 bits per heavy atom. The lowest BCUT2D eigenvalue weighted by Gasteiger charge is -2.11. The molecule has 0 aliphatic heterocycles. The molecule has 7 heteroatoms. The van der Waals surface area contributed by atoms with Gasteiger partial charge in [-0.3, -0.25) is 9.59 Å². The van der Waals surface area contributed by atoms with Crippen molar-refractivity contribution in [3.05, 3.63) is 59.2 Å². The van der Waals surface area contributed by atoms with Gasteiger partial charge in [-0.15, -0.1) is 0 Å². The van der Waals surface area contributed by atoms with Crippen LogP contribution < -0.4 is 14.8 Å². The molecule has 0 aliphatic rings. The first-order valence-electron chi connectivity index (χ1n) is 8.26. The first-order chi connectivity index (χ1) is 13.0. The van der Waals surface area contributed by atoms with E-state index in [0.29, 0.717) is 29.9 Å². The van der Waals surface area contributed by atoms with Gasteiger partial charge in [0.25, 0.3) is 5.91 Å². The third kappa shape index (κ3) is 6.14.